The highest BCUT2D eigenvalue weighted by Crippen LogP contribution is 2.33. The highest BCUT2D eigenvalue weighted by atomic mass is 32.2. The van der Waals surface area contributed by atoms with Crippen molar-refractivity contribution in [2.24, 2.45) is 0 Å². The Bertz CT molecular complexity index is 1510. The number of benzene rings is 2. The van der Waals surface area contributed by atoms with Crippen LogP contribution in [0.1, 0.15) is 11.1 Å². The van der Waals surface area contributed by atoms with E-state index in [1.807, 2.05) is 37.4 Å². The van der Waals surface area contributed by atoms with E-state index in [2.05, 4.69) is 26.7 Å². The fourth-order valence-electron chi connectivity index (χ4n) is 3.37. The number of fused-ring (bicyclic) bond motifs is 3. The van der Waals surface area contributed by atoms with Crippen LogP contribution in [0.4, 0.5) is 11.5 Å². The molecule has 0 radical (unpaired) electrons. The Morgan fingerprint density at radius 1 is 1.03 bits per heavy atom. The third-order valence-corrected chi connectivity index (χ3v) is 7.44. The predicted molar refractivity (Wildman–Crippen MR) is 117 cm³/mol. The number of rotatable bonds is 4. The molecule has 2 aromatic carbocycles. The molecule has 7 nitrogen and oxygen atoms in total. The van der Waals surface area contributed by atoms with Gasteiger partial charge in [0.15, 0.2) is 11.5 Å². The van der Waals surface area contributed by atoms with Gasteiger partial charge < -0.3 is 5.32 Å². The van der Waals surface area contributed by atoms with Gasteiger partial charge in [0.05, 0.1) is 15.1 Å². The van der Waals surface area contributed by atoms with E-state index in [0.29, 0.717) is 5.82 Å². The van der Waals surface area contributed by atoms with Crippen LogP contribution >= 0.6 is 11.3 Å². The maximum Gasteiger partial charge on any atom is 0.229 e. The van der Waals surface area contributed by atoms with Crippen molar-refractivity contribution >= 4 is 48.5 Å². The molecule has 0 aliphatic carbocycles. The van der Waals surface area contributed by atoms with Crippen molar-refractivity contribution in [2.75, 3.05) is 5.32 Å². The topological polar surface area (TPSA) is 89.2 Å². The van der Waals surface area contributed by atoms with E-state index >= 15 is 0 Å². The fraction of sp³-hybridized carbons (Fsp3) is 0.0952. The van der Waals surface area contributed by atoms with E-state index in [1.54, 1.807) is 30.3 Å². The van der Waals surface area contributed by atoms with Gasteiger partial charge in [0.25, 0.3) is 0 Å². The number of aromatic nitrogens is 4. The molecule has 0 unspecified atom stereocenters. The molecular weight excluding hydrogens is 418 g/mol. The van der Waals surface area contributed by atoms with Gasteiger partial charge in [-0.1, -0.05) is 41.1 Å². The Hall–Kier alpha value is -3.30. The zero-order valence-corrected chi connectivity index (χ0v) is 17.8. The molecule has 0 amide bonds. The highest BCUT2D eigenvalue weighted by Gasteiger charge is 2.27. The van der Waals surface area contributed by atoms with Crippen molar-refractivity contribution in [1.29, 1.82) is 0 Å². The maximum absolute atomic E-state index is 13.2. The molecule has 0 spiro atoms. The summed E-state index contributed by atoms with van der Waals surface area (Å²) in [6.07, 6.45) is 0. The summed E-state index contributed by atoms with van der Waals surface area (Å²) < 4.78 is 28.7. The average molecular weight is 436 g/mol. The average Bonchev–Trinajstić information content (AvgIpc) is 3.38. The molecule has 9 heteroatoms. The Labute approximate surface area is 176 Å². The van der Waals surface area contributed by atoms with Gasteiger partial charge in [0.1, 0.15) is 0 Å². The summed E-state index contributed by atoms with van der Waals surface area (Å²) in [6.45, 7) is 4.06. The molecule has 3 heterocycles. The van der Waals surface area contributed by atoms with Crippen LogP contribution in [-0.4, -0.2) is 28.2 Å². The third-order valence-electron chi connectivity index (χ3n) is 4.87. The van der Waals surface area contributed by atoms with Gasteiger partial charge in [0.2, 0.25) is 14.9 Å². The largest absolute Gasteiger partial charge is 0.339 e. The smallest absolute Gasteiger partial charge is 0.229 e. The van der Waals surface area contributed by atoms with E-state index in [-0.39, 0.29) is 15.6 Å². The molecular formula is C21H17N5O2S2. The van der Waals surface area contributed by atoms with Crippen LogP contribution in [0.25, 0.3) is 15.9 Å². The first-order valence-electron chi connectivity index (χ1n) is 9.22. The summed E-state index contributed by atoms with van der Waals surface area (Å²) in [5.41, 5.74) is 4.09. The van der Waals surface area contributed by atoms with Gasteiger partial charge in [-0.2, -0.15) is 4.52 Å². The molecule has 0 aliphatic heterocycles. The molecule has 0 fully saturated rings. The maximum atomic E-state index is 13.2. The quantitative estimate of drug-likeness (QED) is 0.446. The molecule has 0 saturated heterocycles. The molecule has 150 valence electrons. The molecule has 5 rings (SSSR count). The zero-order valence-electron chi connectivity index (χ0n) is 16.2. The molecule has 5 aromatic rings. The van der Waals surface area contributed by atoms with Crippen molar-refractivity contribution < 1.29 is 8.42 Å². The minimum absolute atomic E-state index is 0.156. The first kappa shape index (κ1) is 18.7. The lowest BCUT2D eigenvalue weighted by Gasteiger charge is -2.11. The van der Waals surface area contributed by atoms with E-state index in [1.165, 1.54) is 21.4 Å². The lowest BCUT2D eigenvalue weighted by Crippen LogP contribution is -2.05. The van der Waals surface area contributed by atoms with E-state index in [0.717, 1.165) is 21.5 Å². The summed E-state index contributed by atoms with van der Waals surface area (Å²) in [4.78, 5) is 4.80. The number of hydrogen-bond donors (Lipinski definition) is 1. The van der Waals surface area contributed by atoms with Crippen molar-refractivity contribution in [3.63, 3.8) is 0 Å². The lowest BCUT2D eigenvalue weighted by atomic mass is 10.1. The molecule has 0 atom stereocenters. The molecule has 1 N–H and O–H groups in total. The van der Waals surface area contributed by atoms with Crippen molar-refractivity contribution in [3.8, 4) is 0 Å². The highest BCUT2D eigenvalue weighted by molar-refractivity contribution is 7.91. The molecule has 0 saturated carbocycles. The Morgan fingerprint density at radius 3 is 2.60 bits per heavy atom. The first-order chi connectivity index (χ1) is 14.4. The second kappa shape index (κ2) is 6.89. The minimum atomic E-state index is -3.86. The molecule has 0 aliphatic rings. The Morgan fingerprint density at radius 2 is 1.83 bits per heavy atom. The van der Waals surface area contributed by atoms with Crippen LogP contribution in [0.2, 0.25) is 0 Å². The SMILES string of the molecule is Cc1ccc(Nc2nc3c(S(=O)(=O)c4ccccc4)nnn3c3ccsc23)c(C)c1. The van der Waals surface area contributed by atoms with Gasteiger partial charge in [-0.3, -0.25) is 0 Å². The van der Waals surface area contributed by atoms with Crippen molar-refractivity contribution in [1.82, 2.24) is 19.8 Å². The van der Waals surface area contributed by atoms with Crippen LogP contribution in [0.5, 0.6) is 0 Å². The monoisotopic (exact) mass is 435 g/mol. The van der Waals surface area contributed by atoms with E-state index < -0.39 is 9.84 Å². The minimum Gasteiger partial charge on any atom is -0.339 e. The molecule has 0 bridgehead atoms. The summed E-state index contributed by atoms with van der Waals surface area (Å²) >= 11 is 1.51. The fourth-order valence-corrected chi connectivity index (χ4v) is 5.45. The number of nitrogens with one attached hydrogen (secondary N) is 1. The summed E-state index contributed by atoms with van der Waals surface area (Å²) in [5, 5.41) is 13.2. The normalized spacial score (nSPS) is 11.9. The number of hydrogen-bond acceptors (Lipinski definition) is 7. The van der Waals surface area contributed by atoms with E-state index in [4.69, 9.17) is 0 Å². The first-order valence-corrected chi connectivity index (χ1v) is 11.6. The van der Waals surface area contributed by atoms with Crippen LogP contribution < -0.4 is 5.32 Å². The van der Waals surface area contributed by atoms with Gasteiger partial charge in [0, 0.05) is 5.69 Å². The number of sulfone groups is 1. The number of nitrogens with zero attached hydrogens (tertiary/aromatic N) is 4. The summed E-state index contributed by atoms with van der Waals surface area (Å²) in [5.74, 6) is 0.575. The Kier molecular flexibility index (Phi) is 4.30. The number of aryl methyl sites for hydroxylation is 2. The molecule has 3 aromatic heterocycles. The lowest BCUT2D eigenvalue weighted by molar-refractivity contribution is 0.592. The van der Waals surface area contributed by atoms with Crippen LogP contribution in [0.15, 0.2) is 69.9 Å². The summed E-state index contributed by atoms with van der Waals surface area (Å²) in [6, 6.07) is 16.2. The Balaban J connectivity index is 1.72. The second-order valence-electron chi connectivity index (χ2n) is 6.99. The molecule has 30 heavy (non-hydrogen) atoms. The van der Waals surface area contributed by atoms with Gasteiger partial charge in [-0.15, -0.1) is 16.4 Å². The number of thiophene rings is 1. The van der Waals surface area contributed by atoms with Crippen LogP contribution in [0.3, 0.4) is 0 Å². The summed E-state index contributed by atoms with van der Waals surface area (Å²) in [7, 11) is -3.86. The van der Waals surface area contributed by atoms with Gasteiger partial charge >= 0.3 is 0 Å². The standard InChI is InChI=1S/C21H17N5O2S2/c1-13-8-9-16(14(2)12-13)22-19-18-17(10-11-29-18)26-20(23-19)21(24-25-26)30(27,28)15-6-4-3-5-7-15/h3-12H,1-2H3,(H,22,23). The van der Waals surface area contributed by atoms with Crippen molar-refractivity contribution in [2.45, 2.75) is 23.8 Å². The predicted octanol–water partition coefficient (Wildman–Crippen LogP) is 4.53. The third kappa shape index (κ3) is 2.94. The van der Waals surface area contributed by atoms with Crippen molar-refractivity contribution in [3.05, 3.63) is 71.1 Å². The van der Waals surface area contributed by atoms with Gasteiger partial charge in [-0.25, -0.2) is 13.4 Å². The van der Waals surface area contributed by atoms with Crippen LogP contribution in [0, 0.1) is 13.8 Å². The van der Waals surface area contributed by atoms with E-state index in [9.17, 15) is 8.42 Å². The second-order valence-corrected chi connectivity index (χ2v) is 9.77. The number of anilines is 2. The van der Waals surface area contributed by atoms with Gasteiger partial charge in [-0.05, 0) is 49.1 Å². The van der Waals surface area contributed by atoms with Crippen LogP contribution in [-0.2, 0) is 9.84 Å². The zero-order chi connectivity index (χ0) is 20.9.